The molecule has 1 rings (SSSR count). The van der Waals surface area contributed by atoms with Gasteiger partial charge in [-0.3, -0.25) is 4.79 Å². The van der Waals surface area contributed by atoms with Crippen LogP contribution in [0.4, 0.5) is 0 Å². The molecule has 0 saturated heterocycles. The van der Waals surface area contributed by atoms with E-state index in [1.165, 1.54) is 51.4 Å². The van der Waals surface area contributed by atoms with E-state index in [-0.39, 0.29) is 11.3 Å². The average molecular weight is 268 g/mol. The second-order valence-corrected chi connectivity index (χ2v) is 6.39. The van der Waals surface area contributed by atoms with Gasteiger partial charge in [-0.1, -0.05) is 65.2 Å². The molecule has 2 heteroatoms. The van der Waals surface area contributed by atoms with E-state index in [1.54, 1.807) is 0 Å². The summed E-state index contributed by atoms with van der Waals surface area (Å²) in [5.74, 6) is -0.666. The molecule has 0 aliphatic heterocycles. The standard InChI is InChI=1S/C17H32O2/c1-3-5-6-7-8-9-12-17(13-10-11-14-17)15(4-2)16(18)19/h15H,3-14H2,1-2H3,(H,18,19). The summed E-state index contributed by atoms with van der Waals surface area (Å²) in [4.78, 5) is 11.5. The number of carbonyl (C=O) groups is 1. The summed E-state index contributed by atoms with van der Waals surface area (Å²) in [6.07, 6.45) is 14.5. The summed E-state index contributed by atoms with van der Waals surface area (Å²) in [6.45, 7) is 4.28. The van der Waals surface area contributed by atoms with Gasteiger partial charge in [-0.2, -0.15) is 0 Å². The fraction of sp³-hybridized carbons (Fsp3) is 0.941. The van der Waals surface area contributed by atoms with E-state index < -0.39 is 5.97 Å². The van der Waals surface area contributed by atoms with Crippen LogP contribution in [0.1, 0.15) is 90.9 Å². The smallest absolute Gasteiger partial charge is 0.307 e. The molecule has 1 aliphatic carbocycles. The molecule has 1 aliphatic rings. The van der Waals surface area contributed by atoms with E-state index in [2.05, 4.69) is 6.92 Å². The Morgan fingerprint density at radius 2 is 1.63 bits per heavy atom. The molecule has 0 spiro atoms. The minimum absolute atomic E-state index is 0.106. The lowest BCUT2D eigenvalue weighted by molar-refractivity contribution is -0.147. The molecule has 0 amide bonds. The van der Waals surface area contributed by atoms with E-state index in [1.807, 2.05) is 6.92 Å². The third-order valence-electron chi connectivity index (χ3n) is 5.07. The van der Waals surface area contributed by atoms with Crippen molar-refractivity contribution >= 4 is 5.97 Å². The van der Waals surface area contributed by atoms with Crippen molar-refractivity contribution in [1.29, 1.82) is 0 Å². The Labute approximate surface area is 119 Å². The van der Waals surface area contributed by atoms with Gasteiger partial charge in [-0.05, 0) is 31.1 Å². The lowest BCUT2D eigenvalue weighted by atomic mass is 9.69. The Morgan fingerprint density at radius 1 is 1.05 bits per heavy atom. The molecule has 1 fully saturated rings. The Hall–Kier alpha value is -0.530. The molecular formula is C17H32O2. The van der Waals surface area contributed by atoms with Crippen LogP contribution in [0.25, 0.3) is 0 Å². The van der Waals surface area contributed by atoms with Crippen molar-refractivity contribution < 1.29 is 9.90 Å². The molecule has 0 radical (unpaired) electrons. The topological polar surface area (TPSA) is 37.3 Å². The molecule has 1 saturated carbocycles. The van der Waals surface area contributed by atoms with Crippen LogP contribution in [0.15, 0.2) is 0 Å². The van der Waals surface area contributed by atoms with Gasteiger partial charge < -0.3 is 5.11 Å². The van der Waals surface area contributed by atoms with Crippen LogP contribution in [-0.2, 0) is 4.79 Å². The first kappa shape index (κ1) is 16.5. The van der Waals surface area contributed by atoms with Gasteiger partial charge in [0.25, 0.3) is 0 Å². The van der Waals surface area contributed by atoms with Crippen LogP contribution in [-0.4, -0.2) is 11.1 Å². The maximum atomic E-state index is 11.5. The van der Waals surface area contributed by atoms with Crippen molar-refractivity contribution in [3.05, 3.63) is 0 Å². The van der Waals surface area contributed by atoms with Gasteiger partial charge in [-0.15, -0.1) is 0 Å². The molecule has 112 valence electrons. The minimum atomic E-state index is -0.560. The first-order chi connectivity index (χ1) is 9.16. The highest BCUT2D eigenvalue weighted by Gasteiger charge is 2.43. The normalized spacial score (nSPS) is 19.5. The van der Waals surface area contributed by atoms with Gasteiger partial charge in [-0.25, -0.2) is 0 Å². The summed E-state index contributed by atoms with van der Waals surface area (Å²) in [5, 5.41) is 9.47. The maximum absolute atomic E-state index is 11.5. The van der Waals surface area contributed by atoms with Gasteiger partial charge in [0.1, 0.15) is 0 Å². The van der Waals surface area contributed by atoms with Crippen LogP contribution < -0.4 is 0 Å². The van der Waals surface area contributed by atoms with Gasteiger partial charge >= 0.3 is 5.97 Å². The van der Waals surface area contributed by atoms with Crippen LogP contribution in [0.3, 0.4) is 0 Å². The number of carboxylic acids is 1. The van der Waals surface area contributed by atoms with Crippen molar-refractivity contribution in [2.24, 2.45) is 11.3 Å². The SMILES string of the molecule is CCCCCCCCC1(C(CC)C(=O)O)CCCC1. The Kier molecular flexibility index (Phi) is 7.48. The monoisotopic (exact) mass is 268 g/mol. The number of rotatable bonds is 10. The van der Waals surface area contributed by atoms with E-state index in [4.69, 9.17) is 0 Å². The second-order valence-electron chi connectivity index (χ2n) is 6.39. The number of hydrogen-bond donors (Lipinski definition) is 1. The van der Waals surface area contributed by atoms with Gasteiger partial charge in [0.2, 0.25) is 0 Å². The van der Waals surface area contributed by atoms with Crippen molar-refractivity contribution in [2.75, 3.05) is 0 Å². The largest absolute Gasteiger partial charge is 0.481 e. The predicted octanol–water partition coefficient (Wildman–Crippen LogP) is 5.41. The summed E-state index contributed by atoms with van der Waals surface area (Å²) < 4.78 is 0. The highest BCUT2D eigenvalue weighted by Crippen LogP contribution is 2.49. The third-order valence-corrected chi connectivity index (χ3v) is 5.07. The van der Waals surface area contributed by atoms with Crippen molar-refractivity contribution in [2.45, 2.75) is 90.9 Å². The molecule has 2 nitrogen and oxygen atoms in total. The zero-order valence-corrected chi connectivity index (χ0v) is 12.9. The molecule has 0 heterocycles. The molecular weight excluding hydrogens is 236 g/mol. The summed E-state index contributed by atoms with van der Waals surface area (Å²) in [5.41, 5.74) is 0.130. The lowest BCUT2D eigenvalue weighted by Crippen LogP contribution is -2.33. The Bertz CT molecular complexity index is 254. The van der Waals surface area contributed by atoms with Gasteiger partial charge in [0.15, 0.2) is 0 Å². The Morgan fingerprint density at radius 3 is 2.16 bits per heavy atom. The van der Waals surface area contributed by atoms with Crippen molar-refractivity contribution in [3.8, 4) is 0 Å². The summed E-state index contributed by atoms with van der Waals surface area (Å²) in [6, 6.07) is 0. The van der Waals surface area contributed by atoms with E-state index in [0.717, 1.165) is 25.7 Å². The summed E-state index contributed by atoms with van der Waals surface area (Å²) >= 11 is 0. The molecule has 19 heavy (non-hydrogen) atoms. The van der Waals surface area contributed by atoms with Gasteiger partial charge in [0, 0.05) is 0 Å². The van der Waals surface area contributed by atoms with E-state index >= 15 is 0 Å². The fourth-order valence-electron chi connectivity index (χ4n) is 3.98. The minimum Gasteiger partial charge on any atom is -0.481 e. The van der Waals surface area contributed by atoms with Gasteiger partial charge in [0.05, 0.1) is 5.92 Å². The van der Waals surface area contributed by atoms with Crippen LogP contribution >= 0.6 is 0 Å². The first-order valence-corrected chi connectivity index (χ1v) is 8.39. The van der Waals surface area contributed by atoms with E-state index in [9.17, 15) is 9.90 Å². The summed E-state index contributed by atoms with van der Waals surface area (Å²) in [7, 11) is 0. The number of unbranched alkanes of at least 4 members (excludes halogenated alkanes) is 5. The molecule has 0 aromatic carbocycles. The number of aliphatic carboxylic acids is 1. The zero-order valence-electron chi connectivity index (χ0n) is 12.9. The highest BCUT2D eigenvalue weighted by molar-refractivity contribution is 5.71. The molecule has 0 aromatic rings. The van der Waals surface area contributed by atoms with Crippen molar-refractivity contribution in [1.82, 2.24) is 0 Å². The molecule has 0 bridgehead atoms. The molecule has 1 atom stereocenters. The fourth-order valence-corrected chi connectivity index (χ4v) is 3.98. The second kappa shape index (κ2) is 8.60. The van der Waals surface area contributed by atoms with Crippen LogP contribution in [0.2, 0.25) is 0 Å². The first-order valence-electron chi connectivity index (χ1n) is 8.39. The predicted molar refractivity (Wildman–Crippen MR) is 80.3 cm³/mol. The Balaban J connectivity index is 2.41. The molecule has 0 aromatic heterocycles. The number of hydrogen-bond acceptors (Lipinski definition) is 1. The molecule has 1 N–H and O–H groups in total. The highest BCUT2D eigenvalue weighted by atomic mass is 16.4. The van der Waals surface area contributed by atoms with Crippen molar-refractivity contribution in [3.63, 3.8) is 0 Å². The third kappa shape index (κ3) is 4.81. The average Bonchev–Trinajstić information content (AvgIpc) is 2.83. The number of carboxylic acid groups (broad SMARTS) is 1. The maximum Gasteiger partial charge on any atom is 0.307 e. The lowest BCUT2D eigenvalue weighted by Gasteiger charge is -2.35. The molecule has 1 unspecified atom stereocenters. The zero-order chi connectivity index (χ0) is 14.1. The van der Waals surface area contributed by atoms with Crippen LogP contribution in [0.5, 0.6) is 0 Å². The van der Waals surface area contributed by atoms with Crippen LogP contribution in [0, 0.1) is 11.3 Å². The quantitative estimate of drug-likeness (QED) is 0.538. The van der Waals surface area contributed by atoms with E-state index in [0.29, 0.717) is 0 Å².